The van der Waals surface area contributed by atoms with E-state index in [4.69, 9.17) is 9.37 Å². The fourth-order valence-electron chi connectivity index (χ4n) is 2.16. The Kier molecular flexibility index (Phi) is 4.74. The number of ether oxygens (including phenoxy) is 1. The lowest BCUT2D eigenvalue weighted by Crippen LogP contribution is -2.30. The van der Waals surface area contributed by atoms with E-state index >= 15 is 0 Å². The van der Waals surface area contributed by atoms with Crippen LogP contribution in [0.1, 0.15) is 12.5 Å². The first-order valence-corrected chi connectivity index (χ1v) is 7.65. The van der Waals surface area contributed by atoms with E-state index in [2.05, 4.69) is 15.6 Å². The van der Waals surface area contributed by atoms with Gasteiger partial charge in [0.2, 0.25) is 5.82 Å². The maximum atomic E-state index is 12.9. The van der Waals surface area contributed by atoms with Crippen LogP contribution in [0.15, 0.2) is 53.2 Å². The standard InChI is InChI=1S/C18H16FN3O3/c1-11-3-5-13(6-4-11)16-17(22-25-21-16)20-18(23)12(2)24-15-9-7-14(19)8-10-15/h3-10,12H,1-2H3,(H,20,22,23)/t12-/m0/s1. The second-order valence-corrected chi connectivity index (χ2v) is 5.53. The summed E-state index contributed by atoms with van der Waals surface area (Å²) in [4.78, 5) is 12.3. The van der Waals surface area contributed by atoms with E-state index in [0.717, 1.165) is 11.1 Å². The van der Waals surface area contributed by atoms with E-state index < -0.39 is 12.0 Å². The molecular weight excluding hydrogens is 325 g/mol. The van der Waals surface area contributed by atoms with Crippen molar-refractivity contribution in [1.82, 2.24) is 10.3 Å². The lowest BCUT2D eigenvalue weighted by atomic mass is 10.1. The summed E-state index contributed by atoms with van der Waals surface area (Å²) >= 11 is 0. The van der Waals surface area contributed by atoms with Crippen molar-refractivity contribution in [2.75, 3.05) is 5.32 Å². The summed E-state index contributed by atoms with van der Waals surface area (Å²) in [7, 11) is 0. The molecule has 25 heavy (non-hydrogen) atoms. The summed E-state index contributed by atoms with van der Waals surface area (Å²) in [6, 6.07) is 13.0. The molecule has 0 unspecified atom stereocenters. The molecule has 1 aromatic heterocycles. The highest BCUT2D eigenvalue weighted by atomic mass is 19.1. The number of halogens is 1. The molecule has 7 heteroatoms. The number of nitrogens with zero attached hydrogens (tertiary/aromatic N) is 2. The van der Waals surface area contributed by atoms with Crippen molar-refractivity contribution in [3.8, 4) is 17.0 Å². The van der Waals surface area contributed by atoms with Crippen LogP contribution < -0.4 is 10.1 Å². The van der Waals surface area contributed by atoms with E-state index in [1.165, 1.54) is 24.3 Å². The summed E-state index contributed by atoms with van der Waals surface area (Å²) in [6.45, 7) is 3.56. The van der Waals surface area contributed by atoms with E-state index in [1.54, 1.807) is 6.92 Å². The topological polar surface area (TPSA) is 77.3 Å². The minimum atomic E-state index is -0.812. The largest absolute Gasteiger partial charge is 0.481 e. The van der Waals surface area contributed by atoms with Crippen LogP contribution in [0.2, 0.25) is 0 Å². The maximum Gasteiger partial charge on any atom is 0.266 e. The van der Waals surface area contributed by atoms with Gasteiger partial charge in [0, 0.05) is 5.56 Å². The molecule has 0 fully saturated rings. The molecule has 6 nitrogen and oxygen atoms in total. The first kappa shape index (κ1) is 16.6. The molecule has 3 aromatic rings. The number of aromatic nitrogens is 2. The molecule has 1 atom stereocenters. The van der Waals surface area contributed by atoms with Crippen LogP contribution in [0.25, 0.3) is 11.3 Å². The van der Waals surface area contributed by atoms with Crippen molar-refractivity contribution < 1.29 is 18.6 Å². The molecule has 0 radical (unpaired) electrons. The molecule has 0 saturated heterocycles. The molecule has 0 aliphatic carbocycles. The first-order chi connectivity index (χ1) is 12.0. The monoisotopic (exact) mass is 341 g/mol. The van der Waals surface area contributed by atoms with Gasteiger partial charge in [0.05, 0.1) is 0 Å². The van der Waals surface area contributed by atoms with E-state index in [1.807, 2.05) is 31.2 Å². The van der Waals surface area contributed by atoms with Crippen LogP contribution in [-0.2, 0) is 4.79 Å². The summed E-state index contributed by atoms with van der Waals surface area (Å²) in [5, 5.41) is 10.2. The van der Waals surface area contributed by atoms with Gasteiger partial charge in [-0.1, -0.05) is 29.8 Å². The number of benzene rings is 2. The van der Waals surface area contributed by atoms with Crippen molar-refractivity contribution in [3.63, 3.8) is 0 Å². The molecule has 1 N–H and O–H groups in total. The SMILES string of the molecule is Cc1ccc(-c2nonc2NC(=O)[C@H](C)Oc2ccc(F)cc2)cc1. The average molecular weight is 341 g/mol. The number of aryl methyl sites for hydroxylation is 1. The highest BCUT2D eigenvalue weighted by Crippen LogP contribution is 2.25. The molecule has 0 aliphatic rings. The minimum absolute atomic E-state index is 0.211. The molecule has 2 aromatic carbocycles. The normalized spacial score (nSPS) is 11.8. The third-order valence-electron chi connectivity index (χ3n) is 3.55. The Morgan fingerprint density at radius 2 is 1.80 bits per heavy atom. The Morgan fingerprint density at radius 3 is 2.48 bits per heavy atom. The zero-order valence-corrected chi connectivity index (χ0v) is 13.7. The van der Waals surface area contributed by atoms with Gasteiger partial charge < -0.3 is 10.1 Å². The Morgan fingerprint density at radius 1 is 1.12 bits per heavy atom. The second-order valence-electron chi connectivity index (χ2n) is 5.53. The van der Waals surface area contributed by atoms with E-state index in [-0.39, 0.29) is 11.6 Å². The van der Waals surface area contributed by atoms with Gasteiger partial charge in [-0.3, -0.25) is 4.79 Å². The Bertz CT molecular complexity index is 860. The number of rotatable bonds is 5. The van der Waals surface area contributed by atoms with E-state index in [9.17, 15) is 9.18 Å². The minimum Gasteiger partial charge on any atom is -0.481 e. The fraction of sp³-hybridized carbons (Fsp3) is 0.167. The first-order valence-electron chi connectivity index (χ1n) is 7.65. The Hall–Kier alpha value is -3.22. The number of carbonyl (C=O) groups is 1. The molecule has 0 aliphatic heterocycles. The third-order valence-corrected chi connectivity index (χ3v) is 3.55. The molecule has 0 saturated carbocycles. The van der Waals surface area contributed by atoms with Gasteiger partial charge in [-0.15, -0.1) is 0 Å². The van der Waals surface area contributed by atoms with Crippen molar-refractivity contribution in [2.45, 2.75) is 20.0 Å². The van der Waals surface area contributed by atoms with Gasteiger partial charge in [-0.25, -0.2) is 9.02 Å². The molecular formula is C18H16FN3O3. The fourth-order valence-corrected chi connectivity index (χ4v) is 2.16. The Labute approximate surface area is 143 Å². The van der Waals surface area contributed by atoms with Crippen LogP contribution in [0.4, 0.5) is 10.2 Å². The van der Waals surface area contributed by atoms with Crippen molar-refractivity contribution in [3.05, 3.63) is 59.9 Å². The van der Waals surface area contributed by atoms with Gasteiger partial charge >= 0.3 is 0 Å². The number of hydrogen-bond acceptors (Lipinski definition) is 5. The van der Waals surface area contributed by atoms with E-state index in [0.29, 0.717) is 11.4 Å². The number of hydrogen-bond donors (Lipinski definition) is 1. The van der Waals surface area contributed by atoms with Crippen LogP contribution >= 0.6 is 0 Å². The smallest absolute Gasteiger partial charge is 0.266 e. The molecule has 0 bridgehead atoms. The summed E-state index contributed by atoms with van der Waals surface area (Å²) < 4.78 is 23.1. The number of anilines is 1. The summed E-state index contributed by atoms with van der Waals surface area (Å²) in [6.07, 6.45) is -0.812. The predicted molar refractivity (Wildman–Crippen MR) is 89.6 cm³/mol. The maximum absolute atomic E-state index is 12.9. The number of amides is 1. The lowest BCUT2D eigenvalue weighted by Gasteiger charge is -2.13. The quantitative estimate of drug-likeness (QED) is 0.767. The third kappa shape index (κ3) is 4.00. The van der Waals surface area contributed by atoms with Crippen LogP contribution in [0.5, 0.6) is 5.75 Å². The number of carbonyl (C=O) groups excluding carboxylic acids is 1. The molecule has 128 valence electrons. The summed E-state index contributed by atoms with van der Waals surface area (Å²) in [5.41, 5.74) is 2.31. The number of nitrogens with one attached hydrogen (secondary N) is 1. The van der Waals surface area contributed by atoms with Crippen LogP contribution in [-0.4, -0.2) is 22.3 Å². The lowest BCUT2D eigenvalue weighted by molar-refractivity contribution is -0.122. The zero-order valence-electron chi connectivity index (χ0n) is 13.7. The predicted octanol–water partition coefficient (Wildman–Crippen LogP) is 3.59. The van der Waals surface area contributed by atoms with Crippen molar-refractivity contribution >= 4 is 11.7 Å². The van der Waals surface area contributed by atoms with Crippen LogP contribution in [0.3, 0.4) is 0 Å². The van der Waals surface area contributed by atoms with Crippen molar-refractivity contribution in [1.29, 1.82) is 0 Å². The van der Waals surface area contributed by atoms with Gasteiger partial charge in [0.1, 0.15) is 11.6 Å². The highest BCUT2D eigenvalue weighted by molar-refractivity contribution is 5.95. The van der Waals surface area contributed by atoms with Crippen molar-refractivity contribution in [2.24, 2.45) is 0 Å². The van der Waals surface area contributed by atoms with Gasteiger partial charge in [0.15, 0.2) is 11.8 Å². The van der Waals surface area contributed by atoms with Gasteiger partial charge in [-0.2, -0.15) is 0 Å². The zero-order chi connectivity index (χ0) is 17.8. The van der Waals surface area contributed by atoms with Gasteiger partial charge in [0.25, 0.3) is 5.91 Å². The van der Waals surface area contributed by atoms with Crippen LogP contribution in [0, 0.1) is 12.7 Å². The van der Waals surface area contributed by atoms with Gasteiger partial charge in [-0.05, 0) is 48.4 Å². The molecule has 0 spiro atoms. The molecule has 1 heterocycles. The second kappa shape index (κ2) is 7.12. The molecule has 3 rings (SSSR count). The average Bonchev–Trinajstić information content (AvgIpc) is 3.05. The summed E-state index contributed by atoms with van der Waals surface area (Å²) in [5.74, 6) is -0.196. The Balaban J connectivity index is 1.70. The highest BCUT2D eigenvalue weighted by Gasteiger charge is 2.20. The molecule has 1 amide bonds.